The minimum atomic E-state index is -0.362. The number of hydrogen-bond donors (Lipinski definition) is 1. The van der Waals surface area contributed by atoms with E-state index in [1.165, 1.54) is 7.11 Å². The van der Waals surface area contributed by atoms with Crippen LogP contribution in [0.5, 0.6) is 0 Å². The summed E-state index contributed by atoms with van der Waals surface area (Å²) in [6.45, 7) is 0. The van der Waals surface area contributed by atoms with Crippen molar-refractivity contribution in [1.82, 2.24) is 0 Å². The van der Waals surface area contributed by atoms with Crippen LogP contribution in [0.15, 0.2) is 17.3 Å². The number of allylic oxidation sites excluding steroid dienone is 1. The average molecular weight is 127 g/mol. The molecule has 0 bridgehead atoms. The third-order valence-electron chi connectivity index (χ3n) is 1.14. The molecular formula is C6H9NO2. The lowest BCUT2D eigenvalue weighted by atomic mass is 10.3. The normalized spacial score (nSPS) is 29.6. The first-order valence-corrected chi connectivity index (χ1v) is 2.79. The Kier molecular flexibility index (Phi) is 1.85. The molecule has 0 aromatic rings. The van der Waals surface area contributed by atoms with E-state index in [1.54, 1.807) is 12.2 Å². The summed E-state index contributed by atoms with van der Waals surface area (Å²) < 4.78 is 0. The third kappa shape index (κ3) is 1.54. The van der Waals surface area contributed by atoms with Crippen LogP contribution >= 0.6 is 0 Å². The summed E-state index contributed by atoms with van der Waals surface area (Å²) in [7, 11) is 1.49. The zero-order chi connectivity index (χ0) is 6.69. The van der Waals surface area contributed by atoms with Crippen molar-refractivity contribution in [1.29, 1.82) is 0 Å². The molecule has 0 saturated heterocycles. The predicted octanol–water partition coefficient (Wildman–Crippen LogP) is 0.310. The Morgan fingerprint density at radius 1 is 1.89 bits per heavy atom. The lowest BCUT2D eigenvalue weighted by Gasteiger charge is -1.93. The van der Waals surface area contributed by atoms with Gasteiger partial charge in [-0.05, 0) is 6.08 Å². The molecule has 0 heterocycles. The highest BCUT2D eigenvalue weighted by atomic mass is 16.6. The molecule has 1 aliphatic rings. The van der Waals surface area contributed by atoms with Crippen LogP contribution in [0.3, 0.4) is 0 Å². The number of nitrogens with zero attached hydrogens (tertiary/aromatic N) is 1. The van der Waals surface area contributed by atoms with Gasteiger partial charge in [-0.1, -0.05) is 11.2 Å². The van der Waals surface area contributed by atoms with Crippen LogP contribution in [0.2, 0.25) is 0 Å². The maximum Gasteiger partial charge on any atom is 0.106 e. The van der Waals surface area contributed by atoms with Gasteiger partial charge in [0.2, 0.25) is 0 Å². The second-order valence-corrected chi connectivity index (χ2v) is 1.90. The fourth-order valence-electron chi connectivity index (χ4n) is 0.757. The van der Waals surface area contributed by atoms with Crippen LogP contribution in [0, 0.1) is 0 Å². The molecule has 0 spiro atoms. The number of hydrogen-bond acceptors (Lipinski definition) is 3. The summed E-state index contributed by atoms with van der Waals surface area (Å²) >= 11 is 0. The molecule has 0 fully saturated rings. The van der Waals surface area contributed by atoms with Crippen LogP contribution in [0.1, 0.15) is 6.42 Å². The molecule has 3 nitrogen and oxygen atoms in total. The van der Waals surface area contributed by atoms with Crippen molar-refractivity contribution in [3.8, 4) is 0 Å². The van der Waals surface area contributed by atoms with Gasteiger partial charge in [0, 0.05) is 6.42 Å². The predicted molar refractivity (Wildman–Crippen MR) is 34.2 cm³/mol. The lowest BCUT2D eigenvalue weighted by molar-refractivity contribution is 0.208. The molecule has 1 aliphatic carbocycles. The minimum Gasteiger partial charge on any atom is -0.399 e. The van der Waals surface area contributed by atoms with Crippen molar-refractivity contribution in [2.24, 2.45) is 5.16 Å². The Bertz CT molecular complexity index is 151. The van der Waals surface area contributed by atoms with Crippen LogP contribution in [0.25, 0.3) is 0 Å². The second-order valence-electron chi connectivity index (χ2n) is 1.90. The zero-order valence-corrected chi connectivity index (χ0v) is 5.24. The molecule has 3 heteroatoms. The molecule has 0 radical (unpaired) electrons. The molecule has 50 valence electrons. The smallest absolute Gasteiger partial charge is 0.106 e. The van der Waals surface area contributed by atoms with Crippen molar-refractivity contribution in [2.45, 2.75) is 12.5 Å². The fourth-order valence-corrected chi connectivity index (χ4v) is 0.757. The van der Waals surface area contributed by atoms with Crippen molar-refractivity contribution in [2.75, 3.05) is 7.11 Å². The third-order valence-corrected chi connectivity index (χ3v) is 1.14. The van der Waals surface area contributed by atoms with Crippen LogP contribution < -0.4 is 0 Å². The van der Waals surface area contributed by atoms with E-state index in [1.807, 2.05) is 0 Å². The van der Waals surface area contributed by atoms with Gasteiger partial charge in [0.15, 0.2) is 0 Å². The van der Waals surface area contributed by atoms with Gasteiger partial charge in [0.05, 0.1) is 11.8 Å². The first-order chi connectivity index (χ1) is 4.33. The lowest BCUT2D eigenvalue weighted by Crippen LogP contribution is -2.00. The highest BCUT2D eigenvalue weighted by Crippen LogP contribution is 2.06. The SMILES string of the molecule is CO/N=C1/C=CC(O)C1. The zero-order valence-electron chi connectivity index (χ0n) is 5.24. The summed E-state index contributed by atoms with van der Waals surface area (Å²) in [6, 6.07) is 0. The van der Waals surface area contributed by atoms with E-state index in [0.29, 0.717) is 6.42 Å². The van der Waals surface area contributed by atoms with E-state index in [4.69, 9.17) is 5.11 Å². The van der Waals surface area contributed by atoms with Gasteiger partial charge < -0.3 is 9.94 Å². The van der Waals surface area contributed by atoms with Crippen molar-refractivity contribution < 1.29 is 9.94 Å². The molecule has 1 N–H and O–H groups in total. The van der Waals surface area contributed by atoms with Crippen LogP contribution in [-0.4, -0.2) is 24.0 Å². The fraction of sp³-hybridized carbons (Fsp3) is 0.500. The average Bonchev–Trinajstić information content (AvgIpc) is 2.17. The molecule has 1 rings (SSSR count). The van der Waals surface area contributed by atoms with E-state index in [0.717, 1.165) is 5.71 Å². The standard InChI is InChI=1S/C6H9NO2/c1-9-7-5-2-3-6(8)4-5/h2-3,6,8H,4H2,1H3/b7-5-. The topological polar surface area (TPSA) is 41.8 Å². The molecule has 9 heavy (non-hydrogen) atoms. The maximum atomic E-state index is 8.90. The van der Waals surface area contributed by atoms with Gasteiger partial charge in [-0.15, -0.1) is 0 Å². The Morgan fingerprint density at radius 3 is 3.11 bits per heavy atom. The molecule has 0 aliphatic heterocycles. The van der Waals surface area contributed by atoms with E-state index in [2.05, 4.69) is 9.99 Å². The minimum absolute atomic E-state index is 0.362. The van der Waals surface area contributed by atoms with E-state index >= 15 is 0 Å². The summed E-state index contributed by atoms with van der Waals surface area (Å²) in [5, 5.41) is 12.5. The van der Waals surface area contributed by atoms with Crippen LogP contribution in [0.4, 0.5) is 0 Å². The molecule has 0 aromatic carbocycles. The summed E-state index contributed by atoms with van der Waals surface area (Å²) in [5.41, 5.74) is 0.796. The van der Waals surface area contributed by atoms with Gasteiger partial charge in [-0.2, -0.15) is 0 Å². The van der Waals surface area contributed by atoms with E-state index < -0.39 is 0 Å². The molecule has 1 unspecified atom stereocenters. The quantitative estimate of drug-likeness (QED) is 0.515. The number of rotatable bonds is 1. The monoisotopic (exact) mass is 127 g/mol. The Hall–Kier alpha value is -0.830. The van der Waals surface area contributed by atoms with Gasteiger partial charge in [0.25, 0.3) is 0 Å². The second kappa shape index (κ2) is 2.64. The molecule has 1 atom stereocenters. The summed E-state index contributed by atoms with van der Waals surface area (Å²) in [6.07, 6.45) is 3.67. The Balaban J connectivity index is 2.50. The first kappa shape index (κ1) is 6.29. The highest BCUT2D eigenvalue weighted by Gasteiger charge is 2.10. The number of aliphatic hydroxyl groups is 1. The van der Waals surface area contributed by atoms with Crippen LogP contribution in [-0.2, 0) is 4.84 Å². The van der Waals surface area contributed by atoms with E-state index in [9.17, 15) is 0 Å². The van der Waals surface area contributed by atoms with Gasteiger partial charge in [-0.25, -0.2) is 0 Å². The molecular weight excluding hydrogens is 118 g/mol. The van der Waals surface area contributed by atoms with Crippen molar-refractivity contribution in [3.05, 3.63) is 12.2 Å². The maximum absolute atomic E-state index is 8.90. The van der Waals surface area contributed by atoms with Gasteiger partial charge in [-0.3, -0.25) is 0 Å². The van der Waals surface area contributed by atoms with Crippen molar-refractivity contribution in [3.63, 3.8) is 0 Å². The molecule has 0 saturated carbocycles. The van der Waals surface area contributed by atoms with Gasteiger partial charge in [0.1, 0.15) is 7.11 Å². The van der Waals surface area contributed by atoms with Gasteiger partial charge >= 0.3 is 0 Å². The highest BCUT2D eigenvalue weighted by molar-refractivity contribution is 5.97. The largest absolute Gasteiger partial charge is 0.399 e. The van der Waals surface area contributed by atoms with Crippen molar-refractivity contribution >= 4 is 5.71 Å². The Morgan fingerprint density at radius 2 is 2.67 bits per heavy atom. The molecule has 0 aromatic heterocycles. The first-order valence-electron chi connectivity index (χ1n) is 2.79. The summed E-state index contributed by atoms with van der Waals surface area (Å²) in [5.74, 6) is 0. The Labute approximate surface area is 53.6 Å². The number of oxime groups is 1. The van der Waals surface area contributed by atoms with E-state index in [-0.39, 0.29) is 6.10 Å². The molecule has 0 amide bonds. The number of aliphatic hydroxyl groups excluding tert-OH is 1. The summed E-state index contributed by atoms with van der Waals surface area (Å²) in [4.78, 5) is 4.50.